The van der Waals surface area contributed by atoms with Crippen LogP contribution < -0.4 is 5.32 Å². The molecule has 1 N–H and O–H groups in total. The maximum absolute atomic E-state index is 12.6. The van der Waals surface area contributed by atoms with Crippen molar-refractivity contribution in [2.45, 2.75) is 13.8 Å². The van der Waals surface area contributed by atoms with Gasteiger partial charge in [-0.1, -0.05) is 11.3 Å². The maximum atomic E-state index is 12.6. The number of amides is 1. The molecule has 0 saturated carbocycles. The number of carbonyl (C=O) groups is 1. The first-order valence-corrected chi connectivity index (χ1v) is 3.82. The van der Waals surface area contributed by atoms with Crippen LogP contribution >= 0.6 is 11.3 Å². The molecule has 0 aliphatic heterocycles. The van der Waals surface area contributed by atoms with Gasteiger partial charge in [0, 0.05) is 6.92 Å². The van der Waals surface area contributed by atoms with Gasteiger partial charge in [0.05, 0.1) is 5.69 Å². The molecule has 0 aliphatic rings. The predicted octanol–water partition coefficient (Wildman–Crippen LogP) is 1.55. The Balaban J connectivity index is 2.81. The van der Waals surface area contributed by atoms with E-state index in [1.165, 1.54) is 6.92 Å². The smallest absolute Gasteiger partial charge is 0.223 e. The fourth-order valence-corrected chi connectivity index (χ4v) is 1.32. The molecular formula is C6H7FN2OS. The third kappa shape index (κ3) is 1.98. The Morgan fingerprint density at radius 1 is 1.73 bits per heavy atom. The summed E-state index contributed by atoms with van der Waals surface area (Å²) in [5.41, 5.74) is 0.318. The molecule has 1 heterocycles. The summed E-state index contributed by atoms with van der Waals surface area (Å²) in [5, 5.41) is 2.35. The van der Waals surface area contributed by atoms with Gasteiger partial charge in [0.1, 0.15) is 0 Å². The second kappa shape index (κ2) is 2.96. The van der Waals surface area contributed by atoms with E-state index in [0.717, 1.165) is 11.3 Å². The third-order valence-electron chi connectivity index (χ3n) is 1.02. The highest BCUT2D eigenvalue weighted by Gasteiger charge is 2.06. The Labute approximate surface area is 67.3 Å². The zero-order chi connectivity index (χ0) is 8.43. The monoisotopic (exact) mass is 174 g/mol. The third-order valence-corrected chi connectivity index (χ3v) is 1.88. The first-order chi connectivity index (χ1) is 5.09. The summed E-state index contributed by atoms with van der Waals surface area (Å²) in [4.78, 5) is 14.2. The van der Waals surface area contributed by atoms with Gasteiger partial charge in [-0.25, -0.2) is 4.98 Å². The van der Waals surface area contributed by atoms with Crippen LogP contribution in [0.4, 0.5) is 9.52 Å². The topological polar surface area (TPSA) is 42.0 Å². The Hall–Kier alpha value is -0.970. The standard InChI is InChI=1S/C6H7FN2OS/c1-3-5(7)11-6(8-3)9-4(2)10/h1-2H3,(H,8,9,10). The van der Waals surface area contributed by atoms with Crippen molar-refractivity contribution in [3.8, 4) is 0 Å². The summed E-state index contributed by atoms with van der Waals surface area (Å²) in [6, 6.07) is 0. The molecule has 0 saturated heterocycles. The minimum absolute atomic E-state index is 0.237. The number of hydrogen-bond donors (Lipinski definition) is 1. The normalized spacial score (nSPS) is 9.73. The number of hydrogen-bond acceptors (Lipinski definition) is 3. The summed E-state index contributed by atoms with van der Waals surface area (Å²) in [5.74, 6) is -0.237. The number of carbonyl (C=O) groups excluding carboxylic acids is 1. The molecule has 0 radical (unpaired) electrons. The lowest BCUT2D eigenvalue weighted by Crippen LogP contribution is -2.04. The summed E-state index contributed by atoms with van der Waals surface area (Å²) in [6.07, 6.45) is 0. The fourth-order valence-electron chi connectivity index (χ4n) is 0.582. The molecule has 1 amide bonds. The average Bonchev–Trinajstić information content (AvgIpc) is 2.10. The van der Waals surface area contributed by atoms with E-state index in [-0.39, 0.29) is 11.0 Å². The molecular weight excluding hydrogens is 167 g/mol. The van der Waals surface area contributed by atoms with Crippen LogP contribution in [0.1, 0.15) is 12.6 Å². The van der Waals surface area contributed by atoms with Crippen LogP contribution in [0.3, 0.4) is 0 Å². The minimum atomic E-state index is -0.353. The molecule has 3 nitrogen and oxygen atoms in total. The van der Waals surface area contributed by atoms with Crippen molar-refractivity contribution < 1.29 is 9.18 Å². The van der Waals surface area contributed by atoms with Crippen LogP contribution in [0.2, 0.25) is 0 Å². The second-order valence-corrected chi connectivity index (χ2v) is 3.01. The Morgan fingerprint density at radius 2 is 2.36 bits per heavy atom. The van der Waals surface area contributed by atoms with E-state index < -0.39 is 0 Å². The molecule has 1 rings (SSSR count). The van der Waals surface area contributed by atoms with Crippen LogP contribution in [-0.2, 0) is 4.79 Å². The number of aromatic nitrogens is 1. The van der Waals surface area contributed by atoms with E-state index >= 15 is 0 Å². The van der Waals surface area contributed by atoms with Crippen LogP contribution in [0.5, 0.6) is 0 Å². The minimum Gasteiger partial charge on any atom is -0.302 e. The van der Waals surface area contributed by atoms with E-state index in [2.05, 4.69) is 10.3 Å². The zero-order valence-electron chi connectivity index (χ0n) is 6.14. The van der Waals surface area contributed by atoms with Crippen molar-refractivity contribution in [1.29, 1.82) is 0 Å². The first-order valence-electron chi connectivity index (χ1n) is 3.00. The fraction of sp³-hybridized carbons (Fsp3) is 0.333. The van der Waals surface area contributed by atoms with Crippen LogP contribution in [-0.4, -0.2) is 10.9 Å². The maximum Gasteiger partial charge on any atom is 0.223 e. The lowest BCUT2D eigenvalue weighted by molar-refractivity contribution is -0.114. The lowest BCUT2D eigenvalue weighted by atomic mass is 10.6. The number of nitrogens with one attached hydrogen (secondary N) is 1. The lowest BCUT2D eigenvalue weighted by Gasteiger charge is -1.91. The Bertz CT molecular complexity index is 265. The number of halogens is 1. The SMILES string of the molecule is CC(=O)Nc1nc(C)c(F)s1. The van der Waals surface area contributed by atoms with Crippen molar-refractivity contribution in [2.75, 3.05) is 5.32 Å². The molecule has 0 unspecified atom stereocenters. The highest BCUT2D eigenvalue weighted by molar-refractivity contribution is 7.14. The van der Waals surface area contributed by atoms with Crippen LogP contribution in [0, 0.1) is 12.1 Å². The van der Waals surface area contributed by atoms with Gasteiger partial charge in [0.25, 0.3) is 0 Å². The van der Waals surface area contributed by atoms with Crippen molar-refractivity contribution in [1.82, 2.24) is 4.98 Å². The van der Waals surface area contributed by atoms with E-state index in [9.17, 15) is 9.18 Å². The van der Waals surface area contributed by atoms with Gasteiger partial charge in [0.15, 0.2) is 5.13 Å². The average molecular weight is 174 g/mol. The van der Waals surface area contributed by atoms with Crippen molar-refractivity contribution in [3.63, 3.8) is 0 Å². The number of aryl methyl sites for hydroxylation is 1. The predicted molar refractivity (Wildman–Crippen MR) is 41.1 cm³/mol. The van der Waals surface area contributed by atoms with Crippen molar-refractivity contribution >= 4 is 22.4 Å². The van der Waals surface area contributed by atoms with Gasteiger partial charge >= 0.3 is 0 Å². The summed E-state index contributed by atoms with van der Waals surface area (Å²) in [7, 11) is 0. The van der Waals surface area contributed by atoms with Gasteiger partial charge < -0.3 is 5.32 Å². The molecule has 0 bridgehead atoms. The molecule has 11 heavy (non-hydrogen) atoms. The highest BCUT2D eigenvalue weighted by atomic mass is 32.1. The van der Waals surface area contributed by atoms with E-state index in [1.807, 2.05) is 0 Å². The summed E-state index contributed by atoms with van der Waals surface area (Å²) in [6.45, 7) is 2.91. The molecule has 1 aromatic rings. The van der Waals surface area contributed by atoms with Crippen molar-refractivity contribution in [3.05, 3.63) is 10.8 Å². The molecule has 0 aromatic carbocycles. The quantitative estimate of drug-likeness (QED) is 0.701. The summed E-state index contributed by atoms with van der Waals surface area (Å²) >= 11 is 0.833. The van der Waals surface area contributed by atoms with Crippen LogP contribution in [0.15, 0.2) is 0 Å². The van der Waals surface area contributed by atoms with Gasteiger partial charge in [-0.2, -0.15) is 4.39 Å². The second-order valence-electron chi connectivity index (χ2n) is 2.06. The van der Waals surface area contributed by atoms with Gasteiger partial charge in [-0.3, -0.25) is 4.79 Å². The van der Waals surface area contributed by atoms with E-state index in [1.54, 1.807) is 6.92 Å². The Morgan fingerprint density at radius 3 is 2.73 bits per heavy atom. The van der Waals surface area contributed by atoms with Gasteiger partial charge in [0.2, 0.25) is 11.0 Å². The Kier molecular flexibility index (Phi) is 2.19. The van der Waals surface area contributed by atoms with Crippen molar-refractivity contribution in [2.24, 2.45) is 0 Å². The van der Waals surface area contributed by atoms with E-state index in [4.69, 9.17) is 0 Å². The molecule has 60 valence electrons. The number of anilines is 1. The highest BCUT2D eigenvalue weighted by Crippen LogP contribution is 2.19. The number of nitrogens with zero attached hydrogens (tertiary/aromatic N) is 1. The number of rotatable bonds is 1. The van der Waals surface area contributed by atoms with Gasteiger partial charge in [-0.05, 0) is 6.92 Å². The molecule has 0 aliphatic carbocycles. The number of thiazole rings is 1. The molecule has 5 heteroatoms. The van der Waals surface area contributed by atoms with Gasteiger partial charge in [-0.15, -0.1) is 0 Å². The van der Waals surface area contributed by atoms with E-state index in [0.29, 0.717) is 10.8 Å². The largest absolute Gasteiger partial charge is 0.302 e. The molecule has 0 fully saturated rings. The molecule has 0 atom stereocenters. The van der Waals surface area contributed by atoms with Crippen LogP contribution in [0.25, 0.3) is 0 Å². The molecule has 1 aromatic heterocycles. The summed E-state index contributed by atoms with van der Waals surface area (Å²) < 4.78 is 12.6. The zero-order valence-corrected chi connectivity index (χ0v) is 6.96. The first kappa shape index (κ1) is 8.13. The molecule has 0 spiro atoms.